The maximum Gasteiger partial charge on any atom is 0.181 e. The number of hydrogen-bond acceptors (Lipinski definition) is 6. The second-order valence-corrected chi connectivity index (χ2v) is 7.00. The Morgan fingerprint density at radius 2 is 1.83 bits per heavy atom. The monoisotopic (exact) mass is 403 g/mol. The number of ether oxygens (including phenoxy) is 1. The van der Waals surface area contributed by atoms with Crippen LogP contribution in [0.25, 0.3) is 28.2 Å². The average molecular weight is 403 g/mol. The Kier molecular flexibility index (Phi) is 4.68. The second-order valence-electron chi connectivity index (χ2n) is 7.00. The third-order valence-electron chi connectivity index (χ3n) is 5.18. The molecule has 3 heterocycles. The van der Waals surface area contributed by atoms with E-state index in [4.69, 9.17) is 9.72 Å². The molecular weight excluding hydrogens is 385 g/mol. The van der Waals surface area contributed by atoms with E-state index in [0.717, 1.165) is 30.2 Å². The lowest BCUT2D eigenvalue weighted by atomic mass is 10.0. The zero-order valence-corrected chi connectivity index (χ0v) is 16.0. The van der Waals surface area contributed by atoms with Gasteiger partial charge in [-0.15, -0.1) is 4.91 Å². The molecule has 8 heteroatoms. The van der Waals surface area contributed by atoms with Crippen molar-refractivity contribution in [1.29, 1.82) is 0 Å². The van der Waals surface area contributed by atoms with E-state index in [1.54, 1.807) is 24.4 Å². The number of halogens is 1. The topological polar surface area (TPSA) is 72.1 Å². The van der Waals surface area contributed by atoms with Crippen LogP contribution in [0.15, 0.2) is 66.1 Å². The first-order valence-electron chi connectivity index (χ1n) is 9.64. The van der Waals surface area contributed by atoms with Crippen LogP contribution in [0.2, 0.25) is 0 Å². The first-order chi connectivity index (χ1) is 14.7. The molecule has 0 aliphatic carbocycles. The van der Waals surface area contributed by atoms with Gasteiger partial charge >= 0.3 is 0 Å². The highest BCUT2D eigenvalue weighted by molar-refractivity contribution is 5.85. The van der Waals surface area contributed by atoms with E-state index in [-0.39, 0.29) is 5.82 Å². The first kappa shape index (κ1) is 18.4. The fourth-order valence-corrected chi connectivity index (χ4v) is 3.76. The van der Waals surface area contributed by atoms with Crippen molar-refractivity contribution in [1.82, 2.24) is 14.4 Å². The van der Waals surface area contributed by atoms with E-state index in [1.807, 2.05) is 28.8 Å². The molecule has 0 unspecified atom stereocenters. The number of morpholine rings is 1. The predicted octanol–water partition coefficient (Wildman–Crippen LogP) is 4.44. The zero-order chi connectivity index (χ0) is 20.5. The minimum absolute atomic E-state index is 0.331. The Morgan fingerprint density at radius 3 is 2.57 bits per heavy atom. The number of rotatable bonds is 4. The first-order valence-corrected chi connectivity index (χ1v) is 9.64. The molecule has 2 aromatic heterocycles. The molecular formula is C22H18FN5O2. The van der Waals surface area contributed by atoms with Crippen molar-refractivity contribution in [2.45, 2.75) is 0 Å². The fraction of sp³-hybridized carbons (Fsp3) is 0.182. The van der Waals surface area contributed by atoms with Gasteiger partial charge in [0, 0.05) is 36.6 Å². The number of fused-ring (bicyclic) bond motifs is 1. The minimum atomic E-state index is -0.331. The molecule has 1 aliphatic rings. The van der Waals surface area contributed by atoms with E-state index in [9.17, 15) is 9.30 Å². The fourth-order valence-electron chi connectivity index (χ4n) is 3.76. The van der Waals surface area contributed by atoms with Gasteiger partial charge in [0.2, 0.25) is 0 Å². The number of anilines is 1. The Bertz CT molecular complexity index is 1220. The molecule has 0 saturated carbocycles. The summed E-state index contributed by atoms with van der Waals surface area (Å²) in [5.74, 6) is 0.429. The maximum absolute atomic E-state index is 14.0. The van der Waals surface area contributed by atoms with Crippen LogP contribution in [0.4, 0.5) is 15.9 Å². The van der Waals surface area contributed by atoms with Gasteiger partial charge in [-0.3, -0.25) is 4.40 Å². The van der Waals surface area contributed by atoms with Crippen LogP contribution in [0.1, 0.15) is 0 Å². The molecule has 0 atom stereocenters. The highest BCUT2D eigenvalue weighted by Crippen LogP contribution is 2.36. The lowest BCUT2D eigenvalue weighted by Gasteiger charge is -2.27. The van der Waals surface area contributed by atoms with Gasteiger partial charge in [-0.05, 0) is 29.4 Å². The van der Waals surface area contributed by atoms with E-state index in [0.29, 0.717) is 35.8 Å². The second kappa shape index (κ2) is 7.64. The Balaban J connectivity index is 1.76. The summed E-state index contributed by atoms with van der Waals surface area (Å²) in [5, 5.41) is 2.97. The van der Waals surface area contributed by atoms with E-state index in [2.05, 4.69) is 15.1 Å². The lowest BCUT2D eigenvalue weighted by Crippen LogP contribution is -2.37. The quantitative estimate of drug-likeness (QED) is 0.471. The molecule has 2 aromatic carbocycles. The Morgan fingerprint density at radius 1 is 1.03 bits per heavy atom. The van der Waals surface area contributed by atoms with Gasteiger partial charge in [0.1, 0.15) is 11.5 Å². The Labute approximate surface area is 171 Å². The van der Waals surface area contributed by atoms with E-state index in [1.165, 1.54) is 12.1 Å². The third-order valence-corrected chi connectivity index (χ3v) is 5.18. The summed E-state index contributed by atoms with van der Waals surface area (Å²) in [6, 6.07) is 13.3. The number of imidazole rings is 1. The van der Waals surface area contributed by atoms with Crippen LogP contribution in [-0.4, -0.2) is 40.7 Å². The van der Waals surface area contributed by atoms with Crippen LogP contribution in [-0.2, 0) is 4.74 Å². The number of nitrogens with zero attached hydrogens (tertiary/aromatic N) is 5. The van der Waals surface area contributed by atoms with Gasteiger partial charge < -0.3 is 9.64 Å². The van der Waals surface area contributed by atoms with Gasteiger partial charge in [-0.1, -0.05) is 24.3 Å². The summed E-state index contributed by atoms with van der Waals surface area (Å²) in [6.45, 7) is 2.72. The number of hydrogen-bond donors (Lipinski definition) is 0. The van der Waals surface area contributed by atoms with Crippen molar-refractivity contribution >= 4 is 17.2 Å². The van der Waals surface area contributed by atoms with Gasteiger partial charge in [-0.25, -0.2) is 14.4 Å². The summed E-state index contributed by atoms with van der Waals surface area (Å²) in [7, 11) is 0. The third kappa shape index (κ3) is 3.21. The molecule has 0 bridgehead atoms. The summed E-state index contributed by atoms with van der Waals surface area (Å²) in [4.78, 5) is 22.4. The summed E-state index contributed by atoms with van der Waals surface area (Å²) >= 11 is 0. The zero-order valence-electron chi connectivity index (χ0n) is 16.0. The Hall–Kier alpha value is -3.65. The number of aromatic nitrogens is 3. The highest BCUT2D eigenvalue weighted by Gasteiger charge is 2.22. The highest BCUT2D eigenvalue weighted by atomic mass is 19.1. The van der Waals surface area contributed by atoms with Crippen molar-refractivity contribution in [3.63, 3.8) is 0 Å². The molecule has 4 aromatic rings. The molecule has 150 valence electrons. The summed E-state index contributed by atoms with van der Waals surface area (Å²) in [6.07, 6.45) is 3.58. The molecule has 1 saturated heterocycles. The smallest absolute Gasteiger partial charge is 0.181 e. The maximum atomic E-state index is 14.0. The molecule has 30 heavy (non-hydrogen) atoms. The predicted molar refractivity (Wildman–Crippen MR) is 112 cm³/mol. The van der Waals surface area contributed by atoms with Crippen molar-refractivity contribution in [2.24, 2.45) is 5.18 Å². The van der Waals surface area contributed by atoms with E-state index >= 15 is 0 Å². The van der Waals surface area contributed by atoms with E-state index < -0.39 is 0 Å². The normalized spacial score (nSPS) is 14.2. The van der Waals surface area contributed by atoms with Crippen LogP contribution in [0, 0.1) is 10.7 Å². The van der Waals surface area contributed by atoms with Gasteiger partial charge in [0.25, 0.3) is 0 Å². The van der Waals surface area contributed by atoms with Crippen molar-refractivity contribution in [2.75, 3.05) is 31.2 Å². The largest absolute Gasteiger partial charge is 0.378 e. The van der Waals surface area contributed by atoms with Gasteiger partial charge in [0.05, 0.1) is 24.6 Å². The summed E-state index contributed by atoms with van der Waals surface area (Å²) < 4.78 is 21.4. The molecule has 1 aliphatic heterocycles. The average Bonchev–Trinajstić information content (AvgIpc) is 3.19. The molecule has 7 nitrogen and oxygen atoms in total. The number of benzene rings is 2. The van der Waals surface area contributed by atoms with Crippen LogP contribution < -0.4 is 4.90 Å². The van der Waals surface area contributed by atoms with Gasteiger partial charge in [-0.2, -0.15) is 0 Å². The molecule has 0 spiro atoms. The SMILES string of the molecule is O=Nc1ccc(-c2c(-c3cccc(F)c3)nc3c(N4CCOCC4)nccn23)cc1. The molecule has 0 amide bonds. The summed E-state index contributed by atoms with van der Waals surface area (Å²) in [5.41, 5.74) is 3.98. The number of nitroso groups, excluding NO2 is 1. The minimum Gasteiger partial charge on any atom is -0.378 e. The molecule has 0 radical (unpaired) electrons. The molecule has 1 fully saturated rings. The van der Waals surface area contributed by atoms with Crippen LogP contribution >= 0.6 is 0 Å². The standard InChI is InChI=1S/C22H18FN5O2/c23-17-3-1-2-16(14-17)19-20(15-4-6-18(26-29)7-5-15)28-9-8-24-21(22(28)25-19)27-10-12-30-13-11-27/h1-9,14H,10-13H2. The van der Waals surface area contributed by atoms with Crippen LogP contribution in [0.5, 0.6) is 0 Å². The van der Waals surface area contributed by atoms with Gasteiger partial charge in [0.15, 0.2) is 11.5 Å². The molecule has 0 N–H and O–H groups in total. The van der Waals surface area contributed by atoms with Crippen LogP contribution in [0.3, 0.4) is 0 Å². The van der Waals surface area contributed by atoms with Crippen molar-refractivity contribution < 1.29 is 9.13 Å². The van der Waals surface area contributed by atoms with Crippen molar-refractivity contribution in [3.8, 4) is 22.5 Å². The lowest BCUT2D eigenvalue weighted by molar-refractivity contribution is 0.122. The van der Waals surface area contributed by atoms with Crippen molar-refractivity contribution in [3.05, 3.63) is 71.6 Å². The molecule has 5 rings (SSSR count).